The molecule has 0 N–H and O–H groups in total. The van der Waals surface area contributed by atoms with E-state index in [2.05, 4.69) is 0 Å². The molecule has 0 atom stereocenters. The highest BCUT2D eigenvalue weighted by molar-refractivity contribution is 8.13. The summed E-state index contributed by atoms with van der Waals surface area (Å²) >= 11 is 7.32. The SMILES string of the molecule is CSc1cccc(Cl)c1CS(=O)(=O)Cl. The van der Waals surface area contributed by atoms with E-state index in [1.54, 1.807) is 12.1 Å². The smallest absolute Gasteiger partial charge is 0.212 e. The van der Waals surface area contributed by atoms with Gasteiger partial charge in [0.25, 0.3) is 0 Å². The van der Waals surface area contributed by atoms with Crippen LogP contribution in [0.15, 0.2) is 23.1 Å². The maximum atomic E-state index is 10.9. The number of rotatable bonds is 3. The van der Waals surface area contributed by atoms with Crippen molar-refractivity contribution in [3.8, 4) is 0 Å². The van der Waals surface area contributed by atoms with Crippen LogP contribution in [0, 0.1) is 0 Å². The van der Waals surface area contributed by atoms with Gasteiger partial charge < -0.3 is 0 Å². The molecule has 0 spiro atoms. The summed E-state index contributed by atoms with van der Waals surface area (Å²) in [6, 6.07) is 5.24. The van der Waals surface area contributed by atoms with Crippen molar-refractivity contribution in [2.45, 2.75) is 10.6 Å². The van der Waals surface area contributed by atoms with E-state index in [4.69, 9.17) is 22.3 Å². The molecule has 0 amide bonds. The van der Waals surface area contributed by atoms with E-state index in [1.165, 1.54) is 11.8 Å². The second-order valence-corrected chi connectivity index (χ2v) is 6.64. The number of hydrogen-bond donors (Lipinski definition) is 0. The fraction of sp³-hybridized carbons (Fsp3) is 0.250. The van der Waals surface area contributed by atoms with Gasteiger partial charge in [-0.25, -0.2) is 8.42 Å². The maximum absolute atomic E-state index is 10.9. The summed E-state index contributed by atoms with van der Waals surface area (Å²) in [5.41, 5.74) is 0.566. The zero-order chi connectivity index (χ0) is 10.8. The van der Waals surface area contributed by atoms with Gasteiger partial charge in [-0.1, -0.05) is 17.7 Å². The minimum absolute atomic E-state index is 0.232. The van der Waals surface area contributed by atoms with Crippen LogP contribution in [-0.2, 0) is 14.8 Å². The lowest BCUT2D eigenvalue weighted by Gasteiger charge is -2.06. The third-order valence-electron chi connectivity index (χ3n) is 1.61. The van der Waals surface area contributed by atoms with Crippen molar-refractivity contribution in [3.63, 3.8) is 0 Å². The van der Waals surface area contributed by atoms with Gasteiger partial charge in [0, 0.05) is 26.2 Å². The Morgan fingerprint density at radius 2 is 2.07 bits per heavy atom. The van der Waals surface area contributed by atoms with Crippen LogP contribution in [0.3, 0.4) is 0 Å². The molecule has 0 fully saturated rings. The molecule has 78 valence electrons. The van der Waals surface area contributed by atoms with E-state index in [9.17, 15) is 8.42 Å². The molecule has 0 aliphatic heterocycles. The molecule has 1 rings (SSSR count). The van der Waals surface area contributed by atoms with Crippen molar-refractivity contribution >= 4 is 43.1 Å². The first-order chi connectivity index (χ1) is 6.44. The van der Waals surface area contributed by atoms with Gasteiger partial charge in [-0.3, -0.25) is 0 Å². The highest BCUT2D eigenvalue weighted by Gasteiger charge is 2.13. The normalized spacial score (nSPS) is 11.6. The third-order valence-corrected chi connectivity index (χ3v) is 3.75. The Morgan fingerprint density at radius 1 is 1.43 bits per heavy atom. The molecule has 0 saturated heterocycles. The number of halogens is 2. The van der Waals surface area contributed by atoms with Crippen molar-refractivity contribution in [2.75, 3.05) is 6.26 Å². The number of benzene rings is 1. The molecule has 14 heavy (non-hydrogen) atoms. The minimum atomic E-state index is -3.56. The second kappa shape index (κ2) is 4.75. The molecule has 0 unspecified atom stereocenters. The van der Waals surface area contributed by atoms with E-state index >= 15 is 0 Å². The third kappa shape index (κ3) is 3.35. The first-order valence-electron chi connectivity index (χ1n) is 3.68. The summed E-state index contributed by atoms with van der Waals surface area (Å²) in [5, 5.41) is 0.432. The van der Waals surface area contributed by atoms with Gasteiger partial charge in [-0.05, 0) is 18.4 Å². The van der Waals surface area contributed by atoms with Gasteiger partial charge in [0.1, 0.15) is 0 Å². The summed E-state index contributed by atoms with van der Waals surface area (Å²) < 4.78 is 21.8. The molecule has 2 nitrogen and oxygen atoms in total. The van der Waals surface area contributed by atoms with Crippen molar-refractivity contribution < 1.29 is 8.42 Å². The summed E-state index contributed by atoms with van der Waals surface area (Å²) in [5.74, 6) is -0.232. The van der Waals surface area contributed by atoms with Gasteiger partial charge in [-0.2, -0.15) is 0 Å². The van der Waals surface area contributed by atoms with Crippen LogP contribution in [0.1, 0.15) is 5.56 Å². The minimum Gasteiger partial charge on any atom is -0.212 e. The number of hydrogen-bond acceptors (Lipinski definition) is 3. The predicted molar refractivity (Wildman–Crippen MR) is 61.7 cm³/mol. The highest BCUT2D eigenvalue weighted by atomic mass is 35.7. The summed E-state index contributed by atoms with van der Waals surface area (Å²) in [4.78, 5) is 0.835. The lowest BCUT2D eigenvalue weighted by Crippen LogP contribution is -1.97. The van der Waals surface area contributed by atoms with E-state index in [1.807, 2.05) is 12.3 Å². The topological polar surface area (TPSA) is 34.1 Å². The van der Waals surface area contributed by atoms with Gasteiger partial charge in [0.2, 0.25) is 9.05 Å². The van der Waals surface area contributed by atoms with Crippen LogP contribution >= 0.6 is 34.0 Å². The lowest BCUT2D eigenvalue weighted by molar-refractivity contribution is 0.608. The second-order valence-electron chi connectivity index (χ2n) is 2.60. The molecule has 0 bridgehead atoms. The van der Waals surface area contributed by atoms with Crippen LogP contribution in [-0.4, -0.2) is 14.7 Å². The van der Waals surface area contributed by atoms with E-state index in [0.29, 0.717) is 10.6 Å². The molecular weight excluding hydrogens is 263 g/mol. The quantitative estimate of drug-likeness (QED) is 0.625. The lowest BCUT2D eigenvalue weighted by atomic mass is 10.2. The molecule has 0 aromatic heterocycles. The predicted octanol–water partition coefficient (Wildman–Crippen LogP) is 3.13. The average Bonchev–Trinajstić information content (AvgIpc) is 2.06. The molecule has 0 saturated carbocycles. The van der Waals surface area contributed by atoms with Crippen molar-refractivity contribution in [2.24, 2.45) is 0 Å². The van der Waals surface area contributed by atoms with Crippen LogP contribution in [0.25, 0.3) is 0 Å². The Hall–Kier alpha value is 0.1000. The summed E-state index contributed by atoms with van der Waals surface area (Å²) in [6.07, 6.45) is 1.86. The largest absolute Gasteiger partial charge is 0.236 e. The fourth-order valence-corrected chi connectivity index (χ4v) is 3.14. The molecule has 0 aliphatic carbocycles. The molecule has 0 heterocycles. The highest BCUT2D eigenvalue weighted by Crippen LogP contribution is 2.29. The summed E-state index contributed by atoms with van der Waals surface area (Å²) in [6.45, 7) is 0. The molecule has 0 aliphatic rings. The first-order valence-corrected chi connectivity index (χ1v) is 7.76. The zero-order valence-corrected chi connectivity index (χ0v) is 10.5. The van der Waals surface area contributed by atoms with Crippen LogP contribution < -0.4 is 0 Å². The Labute approximate surface area is 97.0 Å². The van der Waals surface area contributed by atoms with E-state index < -0.39 is 9.05 Å². The zero-order valence-electron chi connectivity index (χ0n) is 7.33. The molecule has 1 aromatic carbocycles. The molecule has 0 radical (unpaired) electrons. The van der Waals surface area contributed by atoms with Gasteiger partial charge >= 0.3 is 0 Å². The van der Waals surface area contributed by atoms with Crippen LogP contribution in [0.5, 0.6) is 0 Å². The Morgan fingerprint density at radius 3 is 2.57 bits per heavy atom. The van der Waals surface area contributed by atoms with Crippen LogP contribution in [0.4, 0.5) is 0 Å². The Balaban J connectivity index is 3.18. The first kappa shape index (κ1) is 12.2. The van der Waals surface area contributed by atoms with Gasteiger partial charge in [-0.15, -0.1) is 11.8 Å². The van der Waals surface area contributed by atoms with Gasteiger partial charge in [0.05, 0.1) is 5.75 Å². The van der Waals surface area contributed by atoms with Gasteiger partial charge in [0.15, 0.2) is 0 Å². The van der Waals surface area contributed by atoms with Crippen molar-refractivity contribution in [3.05, 3.63) is 28.8 Å². The van der Waals surface area contributed by atoms with E-state index in [-0.39, 0.29) is 5.75 Å². The average molecular weight is 271 g/mol. The van der Waals surface area contributed by atoms with E-state index in [0.717, 1.165) is 4.90 Å². The maximum Gasteiger partial charge on any atom is 0.236 e. The number of thioether (sulfide) groups is 1. The van der Waals surface area contributed by atoms with Crippen LogP contribution in [0.2, 0.25) is 5.02 Å². The summed E-state index contributed by atoms with van der Waals surface area (Å²) in [7, 11) is 1.62. The molecular formula is C8H8Cl2O2S2. The van der Waals surface area contributed by atoms with Crippen molar-refractivity contribution in [1.82, 2.24) is 0 Å². The Kier molecular flexibility index (Phi) is 4.13. The molecule has 1 aromatic rings. The Bertz CT molecular complexity index is 429. The fourth-order valence-electron chi connectivity index (χ4n) is 1.04. The molecule has 6 heteroatoms. The standard InChI is InChI=1S/C8H8Cl2O2S2/c1-13-8-4-2-3-7(9)6(8)5-14(10,11)12/h2-4H,5H2,1H3. The monoisotopic (exact) mass is 270 g/mol. The van der Waals surface area contributed by atoms with Crippen molar-refractivity contribution in [1.29, 1.82) is 0 Å².